The Hall–Kier alpha value is 0.232. The fourth-order valence-electron chi connectivity index (χ4n) is 0.333. The van der Waals surface area contributed by atoms with E-state index in [0.717, 1.165) is 0 Å². The first-order chi connectivity index (χ1) is 2.89. The molecule has 0 nitrogen and oxygen atoms in total. The molecule has 0 amide bonds. The van der Waals surface area contributed by atoms with E-state index in [1.54, 1.807) is 11.3 Å². The number of thiophene rings is 1. The Morgan fingerprint density at radius 2 is 2.50 bits per heavy atom. The van der Waals surface area contributed by atoms with Crippen molar-refractivity contribution in [1.82, 2.24) is 0 Å². The van der Waals surface area contributed by atoms with Gasteiger partial charge in [-0.15, -0.1) is 4.43 Å². The lowest BCUT2D eigenvalue weighted by Crippen LogP contribution is -1.91. The summed E-state index contributed by atoms with van der Waals surface area (Å²) >= 11 is 2.98. The van der Waals surface area contributed by atoms with Crippen LogP contribution in [0.3, 0.4) is 0 Å². The zero-order valence-corrected chi connectivity index (χ0v) is 6.46. The van der Waals surface area contributed by atoms with Crippen molar-refractivity contribution in [2.24, 2.45) is 0 Å². The van der Waals surface area contributed by atoms with Crippen LogP contribution in [0.1, 0.15) is 0 Å². The fourth-order valence-corrected chi connectivity index (χ4v) is 1.81. The molecule has 0 spiro atoms. The molecule has 0 bridgehead atoms. The Bertz CT molecular complexity index is 111. The average molecular weight is 112 g/mol. The predicted molar refractivity (Wildman–Crippen MR) is 32.5 cm³/mol. The summed E-state index contributed by atoms with van der Waals surface area (Å²) in [7, 11) is 0. The maximum Gasteiger partial charge on any atom is 0.260 e. The molecule has 0 saturated carbocycles. The van der Waals surface area contributed by atoms with Crippen molar-refractivity contribution in [3.63, 3.8) is 0 Å². The first-order valence-corrected chi connectivity index (χ1v) is 3.82. The molecule has 0 aromatic carbocycles. The molecule has 1 heterocycles. The summed E-state index contributed by atoms with van der Waals surface area (Å²) in [5, 5.41) is 4.30. The Morgan fingerprint density at radius 1 is 1.67 bits per heavy atom. The highest BCUT2D eigenvalue weighted by Gasteiger charge is 1.75. The van der Waals surface area contributed by atoms with E-state index in [2.05, 4.69) is 16.8 Å². The maximum atomic E-state index is 2.19. The maximum absolute atomic E-state index is 2.19. The van der Waals surface area contributed by atoms with Crippen LogP contribution in [0.5, 0.6) is 0 Å². The van der Waals surface area contributed by atoms with Crippen molar-refractivity contribution in [1.29, 1.82) is 0 Å². The lowest BCUT2D eigenvalue weighted by atomic mass is 10.7. The van der Waals surface area contributed by atoms with Gasteiger partial charge in [0.25, 0.3) is 16.3 Å². The van der Waals surface area contributed by atoms with Gasteiger partial charge in [0.2, 0.25) is 0 Å². The minimum atomic E-state index is 1.21. The molecule has 0 aliphatic carbocycles. The summed E-state index contributed by atoms with van der Waals surface area (Å²) in [4.78, 5) is 0. The second-order valence-corrected chi connectivity index (χ2v) is 3.24. The second kappa shape index (κ2) is 1.79. The van der Waals surface area contributed by atoms with Crippen LogP contribution in [-0.4, -0.2) is 16.3 Å². The first kappa shape index (κ1) is 4.39. The molecule has 6 heavy (non-hydrogen) atoms. The largest absolute Gasteiger partial charge is 0.260 e. The smallest absolute Gasteiger partial charge is 0.154 e. The van der Waals surface area contributed by atoms with Crippen molar-refractivity contribution in [3.05, 3.63) is 16.8 Å². The third-order valence-electron chi connectivity index (χ3n) is 0.663. The zero-order chi connectivity index (χ0) is 4.41. The van der Waals surface area contributed by atoms with E-state index in [9.17, 15) is 0 Å². The third kappa shape index (κ3) is 0.845. The lowest BCUT2D eigenvalue weighted by molar-refractivity contribution is 2.15. The van der Waals surface area contributed by atoms with Gasteiger partial charge in [-0.1, -0.05) is 6.07 Å². The van der Waals surface area contributed by atoms with E-state index in [-0.39, 0.29) is 0 Å². The monoisotopic (exact) mass is 112 g/mol. The Balaban J connectivity index is 3.05. The molecule has 0 saturated heterocycles. The van der Waals surface area contributed by atoms with E-state index >= 15 is 0 Å². The van der Waals surface area contributed by atoms with Crippen LogP contribution in [0.15, 0.2) is 16.8 Å². The summed E-state index contributed by atoms with van der Waals surface area (Å²) in [5.74, 6) is 0. The molecule has 0 aliphatic rings. The molecular formula is C4H5AlS. The van der Waals surface area contributed by atoms with Crippen molar-refractivity contribution < 1.29 is 0 Å². The van der Waals surface area contributed by atoms with E-state index in [1.165, 1.54) is 20.7 Å². The molecule has 1 aromatic heterocycles. The third-order valence-corrected chi connectivity index (χ3v) is 2.50. The SMILES string of the molecule is [AlH2][c]1ccsc1. The molecule has 0 N–H and O–H groups in total. The molecule has 30 valence electrons. The van der Waals surface area contributed by atoms with Gasteiger partial charge in [0.1, 0.15) is 0 Å². The van der Waals surface area contributed by atoms with E-state index in [1.807, 2.05) is 0 Å². The molecule has 0 atom stereocenters. The standard InChI is InChI=1S/C4H3S.Al.2H/c1-2-4-5-3-1;;;/h1,3-4H;;;. The number of hydrogen-bond acceptors (Lipinski definition) is 1. The van der Waals surface area contributed by atoms with E-state index in [0.29, 0.717) is 0 Å². The van der Waals surface area contributed by atoms with Gasteiger partial charge in [-0.2, -0.15) is 11.3 Å². The minimum absolute atomic E-state index is 1.21. The second-order valence-electron chi connectivity index (χ2n) is 1.30. The van der Waals surface area contributed by atoms with Gasteiger partial charge in [0.05, 0.1) is 0 Å². The Morgan fingerprint density at radius 3 is 2.67 bits per heavy atom. The highest BCUT2D eigenvalue weighted by Crippen LogP contribution is 1.88. The molecule has 0 aliphatic heterocycles. The average Bonchev–Trinajstić information content (AvgIpc) is 1.86. The normalized spacial score (nSPS) is 8.67. The van der Waals surface area contributed by atoms with Gasteiger partial charge in [-0.3, -0.25) is 0 Å². The zero-order valence-electron chi connectivity index (χ0n) is 3.64. The van der Waals surface area contributed by atoms with E-state index in [4.69, 9.17) is 0 Å². The molecule has 0 fully saturated rings. The topological polar surface area (TPSA) is 0 Å². The van der Waals surface area contributed by atoms with Crippen molar-refractivity contribution in [2.45, 2.75) is 0 Å². The quantitative estimate of drug-likeness (QED) is 0.415. The minimum Gasteiger partial charge on any atom is -0.154 e. The van der Waals surface area contributed by atoms with Gasteiger partial charge < -0.3 is 0 Å². The Labute approximate surface area is 49.2 Å². The molecule has 0 unspecified atom stereocenters. The molecule has 0 radical (unpaired) electrons. The van der Waals surface area contributed by atoms with Crippen LogP contribution in [0.4, 0.5) is 0 Å². The lowest BCUT2D eigenvalue weighted by Gasteiger charge is -1.64. The van der Waals surface area contributed by atoms with Gasteiger partial charge >= 0.3 is 0 Å². The number of rotatable bonds is 0. The van der Waals surface area contributed by atoms with Gasteiger partial charge in [0, 0.05) is 0 Å². The van der Waals surface area contributed by atoms with Crippen LogP contribution < -0.4 is 4.43 Å². The summed E-state index contributed by atoms with van der Waals surface area (Å²) in [5.41, 5.74) is 0. The molecule has 1 rings (SSSR count). The van der Waals surface area contributed by atoms with Gasteiger partial charge in [-0.05, 0) is 10.8 Å². The summed E-state index contributed by atoms with van der Waals surface area (Å²) in [6, 6.07) is 2.16. The highest BCUT2D eigenvalue weighted by atomic mass is 32.1. The number of hydrogen-bond donors (Lipinski definition) is 0. The summed E-state index contributed by atoms with van der Waals surface area (Å²) in [6.45, 7) is 0. The summed E-state index contributed by atoms with van der Waals surface area (Å²) in [6.07, 6.45) is 0. The first-order valence-electron chi connectivity index (χ1n) is 1.88. The van der Waals surface area contributed by atoms with Crippen LogP contribution in [0, 0.1) is 0 Å². The van der Waals surface area contributed by atoms with Crippen LogP contribution in [-0.2, 0) is 0 Å². The van der Waals surface area contributed by atoms with E-state index < -0.39 is 0 Å². The predicted octanol–water partition coefficient (Wildman–Crippen LogP) is 0.00650. The van der Waals surface area contributed by atoms with Crippen LogP contribution in [0.25, 0.3) is 0 Å². The molecule has 1 aromatic rings. The fraction of sp³-hybridized carbons (Fsp3) is 0. The molecular weight excluding hydrogens is 107 g/mol. The Kier molecular flexibility index (Phi) is 1.31. The highest BCUT2D eigenvalue weighted by molar-refractivity contribution is 7.08. The van der Waals surface area contributed by atoms with Crippen LogP contribution >= 0.6 is 11.3 Å². The summed E-state index contributed by atoms with van der Waals surface area (Å²) < 4.78 is 1.50. The van der Waals surface area contributed by atoms with Crippen molar-refractivity contribution in [2.75, 3.05) is 0 Å². The molecule has 2 heteroatoms. The van der Waals surface area contributed by atoms with Crippen molar-refractivity contribution in [3.8, 4) is 0 Å². The van der Waals surface area contributed by atoms with Gasteiger partial charge in [0.15, 0.2) is 0 Å². The van der Waals surface area contributed by atoms with Crippen molar-refractivity contribution >= 4 is 32.1 Å². The van der Waals surface area contributed by atoms with Crippen LogP contribution in [0.2, 0.25) is 0 Å². The van der Waals surface area contributed by atoms with Gasteiger partial charge in [-0.25, -0.2) is 0 Å².